The number of hydrogen-bond donors (Lipinski definition) is 0. The molecule has 2 aliphatic rings. The number of benzene rings is 5. The zero-order chi connectivity index (χ0) is 27.6. The van der Waals surface area contributed by atoms with Crippen LogP contribution >= 0.6 is 0 Å². The molecule has 8 rings (SSSR count). The highest BCUT2D eigenvalue weighted by molar-refractivity contribution is 6.10. The molecule has 0 saturated heterocycles. The fourth-order valence-electron chi connectivity index (χ4n) is 7.06. The Morgan fingerprint density at radius 1 is 0.634 bits per heavy atom. The summed E-state index contributed by atoms with van der Waals surface area (Å²) in [6.07, 6.45) is 8.82. The molecule has 0 unspecified atom stereocenters. The number of hydrogen-bond acceptors (Lipinski definition) is 1. The summed E-state index contributed by atoms with van der Waals surface area (Å²) in [4.78, 5) is 2.48. The van der Waals surface area contributed by atoms with Gasteiger partial charge in [0.15, 0.2) is 0 Å². The van der Waals surface area contributed by atoms with E-state index >= 15 is 0 Å². The Hall–Kier alpha value is -4.82. The minimum Gasteiger partial charge on any atom is -0.314 e. The van der Waals surface area contributed by atoms with Gasteiger partial charge in [-0.15, -0.1) is 0 Å². The molecule has 0 spiro atoms. The third-order valence-electron chi connectivity index (χ3n) is 9.03. The van der Waals surface area contributed by atoms with E-state index in [-0.39, 0.29) is 5.41 Å². The summed E-state index contributed by atoms with van der Waals surface area (Å²) in [5.74, 6) is 0. The summed E-state index contributed by atoms with van der Waals surface area (Å²) in [6.45, 7) is 4.69. The molecule has 0 atom stereocenters. The van der Waals surface area contributed by atoms with Crippen LogP contribution in [0.5, 0.6) is 0 Å². The van der Waals surface area contributed by atoms with Gasteiger partial charge in [-0.1, -0.05) is 92.7 Å². The Balaban J connectivity index is 1.35. The zero-order valence-corrected chi connectivity index (χ0v) is 23.5. The van der Waals surface area contributed by atoms with Crippen LogP contribution in [0.25, 0.3) is 38.6 Å². The average Bonchev–Trinajstić information content (AvgIpc) is 3.47. The maximum atomic E-state index is 2.48. The van der Waals surface area contributed by atoms with Crippen LogP contribution in [0.2, 0.25) is 0 Å². The fraction of sp³-hybridized carbons (Fsp3) is 0.128. The largest absolute Gasteiger partial charge is 0.314 e. The predicted molar refractivity (Wildman–Crippen MR) is 173 cm³/mol. The third kappa shape index (κ3) is 3.64. The smallest absolute Gasteiger partial charge is 0.0542 e. The molecule has 0 radical (unpaired) electrons. The Bertz CT molecular complexity index is 2020. The van der Waals surface area contributed by atoms with Crippen molar-refractivity contribution in [2.45, 2.75) is 32.1 Å². The first-order valence-corrected chi connectivity index (χ1v) is 14.6. The number of nitrogens with zero attached hydrogens (tertiary/aromatic N) is 2. The van der Waals surface area contributed by atoms with Crippen LogP contribution in [-0.4, -0.2) is 4.57 Å². The number of fused-ring (bicyclic) bond motifs is 6. The molecule has 0 fully saturated rings. The molecule has 0 N–H and O–H groups in total. The first kappa shape index (κ1) is 24.0. The molecule has 5 aromatic carbocycles. The van der Waals surface area contributed by atoms with Gasteiger partial charge in [0.25, 0.3) is 0 Å². The summed E-state index contributed by atoms with van der Waals surface area (Å²) in [5.41, 5.74) is 12.9. The van der Waals surface area contributed by atoms with Crippen molar-refractivity contribution in [3.63, 3.8) is 0 Å². The van der Waals surface area contributed by atoms with Crippen molar-refractivity contribution in [1.82, 2.24) is 4.57 Å². The van der Waals surface area contributed by atoms with E-state index in [1.54, 1.807) is 0 Å². The highest BCUT2D eigenvalue weighted by Crippen LogP contribution is 2.50. The minimum atomic E-state index is 0.000305. The second kappa shape index (κ2) is 9.11. The zero-order valence-electron chi connectivity index (χ0n) is 23.5. The molecule has 6 aromatic rings. The third-order valence-corrected chi connectivity index (χ3v) is 9.03. The molecule has 0 saturated carbocycles. The number of para-hydroxylation sites is 2. The van der Waals surface area contributed by atoms with E-state index in [1.807, 2.05) is 0 Å². The van der Waals surface area contributed by atoms with Crippen LogP contribution < -0.4 is 4.90 Å². The molecule has 0 amide bonds. The van der Waals surface area contributed by atoms with Gasteiger partial charge in [-0.05, 0) is 89.7 Å². The minimum absolute atomic E-state index is 0.000305. The molecule has 1 heterocycles. The molecule has 0 aliphatic heterocycles. The van der Waals surface area contributed by atoms with Crippen LogP contribution in [0, 0.1) is 0 Å². The summed E-state index contributed by atoms with van der Waals surface area (Å²) < 4.78 is 2.38. The normalized spacial score (nSPS) is 15.1. The van der Waals surface area contributed by atoms with E-state index in [2.05, 4.69) is 157 Å². The molecule has 2 aliphatic carbocycles. The summed E-state index contributed by atoms with van der Waals surface area (Å²) >= 11 is 0. The van der Waals surface area contributed by atoms with Crippen LogP contribution in [0.1, 0.15) is 37.8 Å². The van der Waals surface area contributed by atoms with Crippen molar-refractivity contribution in [3.8, 4) is 16.8 Å². The van der Waals surface area contributed by atoms with Crippen molar-refractivity contribution in [2.75, 3.05) is 4.90 Å². The number of allylic oxidation sites excluding steroid dienone is 4. The van der Waals surface area contributed by atoms with E-state index in [4.69, 9.17) is 0 Å². The standard InChI is InChI=1S/C39H32N2/c1-39(2)35-19-11-9-17-31(35)33-25-29(21-23-36(33)39)40(27-13-5-3-6-14-27)30-22-24-38-34(26-30)32-18-10-12-20-37(32)41(38)28-15-7-4-8-16-28/h3-5,7-13,15-26H,6,14H2,1-2H3. The lowest BCUT2D eigenvalue weighted by atomic mass is 9.82. The molecule has 2 nitrogen and oxygen atoms in total. The van der Waals surface area contributed by atoms with Crippen molar-refractivity contribution >= 4 is 33.2 Å². The van der Waals surface area contributed by atoms with Gasteiger partial charge >= 0.3 is 0 Å². The number of aromatic nitrogens is 1. The first-order valence-electron chi connectivity index (χ1n) is 14.6. The van der Waals surface area contributed by atoms with Gasteiger partial charge in [0, 0.05) is 38.9 Å². The maximum Gasteiger partial charge on any atom is 0.0542 e. The van der Waals surface area contributed by atoms with Crippen LogP contribution in [0.4, 0.5) is 11.4 Å². The predicted octanol–water partition coefficient (Wildman–Crippen LogP) is 10.5. The van der Waals surface area contributed by atoms with E-state index in [1.165, 1.54) is 66.8 Å². The van der Waals surface area contributed by atoms with Gasteiger partial charge in [0.1, 0.15) is 0 Å². The van der Waals surface area contributed by atoms with Gasteiger partial charge in [0.05, 0.1) is 11.0 Å². The lowest BCUT2D eigenvalue weighted by Crippen LogP contribution is -2.18. The summed E-state index contributed by atoms with van der Waals surface area (Å²) in [7, 11) is 0. The van der Waals surface area contributed by atoms with Crippen molar-refractivity contribution in [2.24, 2.45) is 0 Å². The molecule has 198 valence electrons. The highest BCUT2D eigenvalue weighted by Gasteiger charge is 2.35. The summed E-state index contributed by atoms with van der Waals surface area (Å²) in [6, 6.07) is 42.4. The van der Waals surface area contributed by atoms with Crippen molar-refractivity contribution in [1.29, 1.82) is 0 Å². The quantitative estimate of drug-likeness (QED) is 0.221. The van der Waals surface area contributed by atoms with E-state index in [0.29, 0.717) is 0 Å². The van der Waals surface area contributed by atoms with Gasteiger partial charge < -0.3 is 9.47 Å². The van der Waals surface area contributed by atoms with Crippen LogP contribution in [0.15, 0.2) is 139 Å². The second-order valence-corrected chi connectivity index (χ2v) is 11.8. The number of rotatable bonds is 4. The molecule has 1 aromatic heterocycles. The fourth-order valence-corrected chi connectivity index (χ4v) is 7.06. The topological polar surface area (TPSA) is 8.17 Å². The second-order valence-electron chi connectivity index (χ2n) is 11.8. The van der Waals surface area contributed by atoms with Crippen molar-refractivity contribution < 1.29 is 0 Å². The Kier molecular flexibility index (Phi) is 5.33. The Labute approximate surface area is 241 Å². The lowest BCUT2D eigenvalue weighted by molar-refractivity contribution is 0.660. The van der Waals surface area contributed by atoms with E-state index < -0.39 is 0 Å². The average molecular weight is 529 g/mol. The van der Waals surface area contributed by atoms with E-state index in [0.717, 1.165) is 12.8 Å². The summed E-state index contributed by atoms with van der Waals surface area (Å²) in [5, 5.41) is 2.54. The van der Waals surface area contributed by atoms with Gasteiger partial charge in [-0.3, -0.25) is 0 Å². The molecule has 2 heteroatoms. The Morgan fingerprint density at radius 3 is 2.20 bits per heavy atom. The first-order chi connectivity index (χ1) is 20.1. The number of anilines is 2. The van der Waals surface area contributed by atoms with Gasteiger partial charge in [-0.2, -0.15) is 0 Å². The maximum absolute atomic E-state index is 2.48. The molecular formula is C39H32N2. The lowest BCUT2D eigenvalue weighted by Gasteiger charge is -2.30. The highest BCUT2D eigenvalue weighted by atomic mass is 15.1. The SMILES string of the molecule is CC1(C)c2ccccc2-c2cc(N(C3=CC=CCC3)c3ccc4c(c3)c3ccccc3n4-c3ccccc3)ccc21. The molecule has 41 heavy (non-hydrogen) atoms. The van der Waals surface area contributed by atoms with Gasteiger partial charge in [-0.25, -0.2) is 0 Å². The molecule has 0 bridgehead atoms. The van der Waals surface area contributed by atoms with Crippen LogP contribution in [0.3, 0.4) is 0 Å². The Morgan fingerprint density at radius 2 is 1.34 bits per heavy atom. The van der Waals surface area contributed by atoms with E-state index in [9.17, 15) is 0 Å². The van der Waals surface area contributed by atoms with Crippen molar-refractivity contribution in [3.05, 3.63) is 150 Å². The van der Waals surface area contributed by atoms with Gasteiger partial charge in [0.2, 0.25) is 0 Å². The monoisotopic (exact) mass is 528 g/mol. The molecular weight excluding hydrogens is 496 g/mol. The van der Waals surface area contributed by atoms with Crippen LogP contribution in [-0.2, 0) is 5.41 Å².